The van der Waals surface area contributed by atoms with Gasteiger partial charge in [-0.25, -0.2) is 0 Å². The zero-order chi connectivity index (χ0) is 22.4. The van der Waals surface area contributed by atoms with Crippen LogP contribution in [0.15, 0.2) is 40.5 Å². The van der Waals surface area contributed by atoms with Crippen LogP contribution in [0.25, 0.3) is 0 Å². The van der Waals surface area contributed by atoms with Gasteiger partial charge in [0.1, 0.15) is 5.71 Å². The second kappa shape index (κ2) is 10.3. The summed E-state index contributed by atoms with van der Waals surface area (Å²) in [5.41, 5.74) is 4.77. The molecule has 166 valence electrons. The molecule has 1 aliphatic rings. The molecule has 2 aromatic rings. The molecule has 1 unspecified atom stereocenters. The maximum Gasteiger partial charge on any atom is 0.161 e. The van der Waals surface area contributed by atoms with Crippen molar-refractivity contribution in [2.24, 2.45) is 10.2 Å². The van der Waals surface area contributed by atoms with Crippen LogP contribution in [0.3, 0.4) is 0 Å². The smallest absolute Gasteiger partial charge is 0.161 e. The second-order valence-electron chi connectivity index (χ2n) is 7.51. The van der Waals surface area contributed by atoms with Crippen LogP contribution in [-0.2, 0) is 0 Å². The Morgan fingerprint density at radius 3 is 2.19 bits per heavy atom. The quantitative estimate of drug-likeness (QED) is 0.491. The lowest BCUT2D eigenvalue weighted by Crippen LogP contribution is -2.13. The van der Waals surface area contributed by atoms with Crippen molar-refractivity contribution < 1.29 is 18.9 Å². The number of unbranched alkanes of at least 4 members (excludes halogenated alkanes) is 1. The molecule has 0 amide bonds. The third-order valence-corrected chi connectivity index (χ3v) is 5.60. The molecule has 0 bridgehead atoms. The monoisotopic (exact) mass is 424 g/mol. The predicted octanol–water partition coefficient (Wildman–Crippen LogP) is 5.61. The van der Waals surface area contributed by atoms with Crippen LogP contribution < -0.4 is 18.9 Å². The Kier molecular flexibility index (Phi) is 7.55. The van der Waals surface area contributed by atoms with Gasteiger partial charge in [-0.3, -0.25) is 0 Å². The molecule has 2 aromatic carbocycles. The van der Waals surface area contributed by atoms with Crippen molar-refractivity contribution in [2.75, 3.05) is 27.9 Å². The van der Waals surface area contributed by atoms with Crippen LogP contribution in [0.1, 0.15) is 62.6 Å². The minimum atomic E-state index is 0.149. The maximum atomic E-state index is 6.07. The van der Waals surface area contributed by atoms with E-state index in [9.17, 15) is 0 Å². The Balaban J connectivity index is 2.17. The lowest BCUT2D eigenvalue weighted by molar-refractivity contribution is 0.288. The van der Waals surface area contributed by atoms with E-state index in [1.807, 2.05) is 31.2 Å². The first-order chi connectivity index (χ1) is 15.1. The van der Waals surface area contributed by atoms with Crippen LogP contribution in [0.5, 0.6) is 23.0 Å². The van der Waals surface area contributed by atoms with Gasteiger partial charge in [-0.15, -0.1) is 5.10 Å². The zero-order valence-electron chi connectivity index (χ0n) is 19.3. The number of ether oxygens (including phenoxy) is 4. The molecule has 0 aromatic heterocycles. The van der Waals surface area contributed by atoms with Gasteiger partial charge in [0.15, 0.2) is 23.0 Å². The average molecular weight is 425 g/mol. The summed E-state index contributed by atoms with van der Waals surface area (Å²) in [6.45, 7) is 7.00. The molecule has 31 heavy (non-hydrogen) atoms. The molecule has 0 saturated carbocycles. The number of hydrogen-bond donors (Lipinski definition) is 0. The van der Waals surface area contributed by atoms with Crippen molar-refractivity contribution in [3.63, 3.8) is 0 Å². The van der Waals surface area contributed by atoms with E-state index in [-0.39, 0.29) is 5.92 Å². The van der Waals surface area contributed by atoms with E-state index in [4.69, 9.17) is 18.9 Å². The highest BCUT2D eigenvalue weighted by Gasteiger charge is 2.26. The molecule has 0 fully saturated rings. The molecule has 0 saturated heterocycles. The Morgan fingerprint density at radius 1 is 0.839 bits per heavy atom. The van der Waals surface area contributed by atoms with Crippen LogP contribution >= 0.6 is 0 Å². The number of fused-ring (bicyclic) bond motifs is 1. The van der Waals surface area contributed by atoms with Gasteiger partial charge in [-0.05, 0) is 55.7 Å². The van der Waals surface area contributed by atoms with Gasteiger partial charge in [-0.2, -0.15) is 5.10 Å². The standard InChI is InChI=1S/C25H32N2O4/c1-7-9-12-31-24-14-19-18(8-2)16(3)26-27-25(20(19)15-23(24)30-6)17-10-11-21(28-4)22(13-17)29-5/h10-11,13-15,18H,7-9,12H2,1-6H3. The predicted molar refractivity (Wildman–Crippen MR) is 125 cm³/mol. The Bertz CT molecular complexity index is 982. The van der Waals surface area contributed by atoms with Crippen LogP contribution in [0.2, 0.25) is 0 Å². The molecule has 1 heterocycles. The fourth-order valence-corrected chi connectivity index (χ4v) is 3.86. The summed E-state index contributed by atoms with van der Waals surface area (Å²) >= 11 is 0. The van der Waals surface area contributed by atoms with E-state index >= 15 is 0 Å². The van der Waals surface area contributed by atoms with Gasteiger partial charge in [0.2, 0.25) is 0 Å². The molecule has 3 rings (SSSR count). The Labute approximate surface area is 184 Å². The van der Waals surface area contributed by atoms with Crippen molar-refractivity contribution in [1.29, 1.82) is 0 Å². The molecular formula is C25H32N2O4. The number of rotatable bonds is 9. The SMILES string of the molecule is CCCCOc1cc2c(cc1OC)C(c1ccc(OC)c(OC)c1)=NN=C(C)C2CC. The highest BCUT2D eigenvalue weighted by atomic mass is 16.5. The fraction of sp³-hybridized carbons (Fsp3) is 0.440. The van der Waals surface area contributed by atoms with Gasteiger partial charge < -0.3 is 18.9 Å². The van der Waals surface area contributed by atoms with Crippen LogP contribution in [0, 0.1) is 0 Å². The van der Waals surface area contributed by atoms with Crippen LogP contribution in [0.4, 0.5) is 0 Å². The molecule has 0 radical (unpaired) electrons. The molecule has 1 atom stereocenters. The molecule has 0 spiro atoms. The third-order valence-electron chi connectivity index (χ3n) is 5.60. The highest BCUT2D eigenvalue weighted by Crippen LogP contribution is 2.39. The van der Waals surface area contributed by atoms with Crippen molar-refractivity contribution >= 4 is 11.4 Å². The first-order valence-corrected chi connectivity index (χ1v) is 10.8. The van der Waals surface area contributed by atoms with E-state index in [1.54, 1.807) is 21.3 Å². The van der Waals surface area contributed by atoms with Gasteiger partial charge in [-0.1, -0.05) is 20.3 Å². The normalized spacial score (nSPS) is 15.4. The molecule has 6 nitrogen and oxygen atoms in total. The second-order valence-corrected chi connectivity index (χ2v) is 7.51. The fourth-order valence-electron chi connectivity index (χ4n) is 3.86. The van der Waals surface area contributed by atoms with Gasteiger partial charge in [0, 0.05) is 22.8 Å². The molecular weight excluding hydrogens is 392 g/mol. The van der Waals surface area contributed by atoms with E-state index in [0.717, 1.165) is 53.1 Å². The van der Waals surface area contributed by atoms with E-state index in [1.165, 1.54) is 0 Å². The van der Waals surface area contributed by atoms with Crippen LogP contribution in [-0.4, -0.2) is 39.4 Å². The Hall–Kier alpha value is -3.02. The number of benzene rings is 2. The molecule has 1 aliphatic heterocycles. The third kappa shape index (κ3) is 4.68. The Morgan fingerprint density at radius 2 is 1.55 bits per heavy atom. The van der Waals surface area contributed by atoms with Crippen molar-refractivity contribution in [1.82, 2.24) is 0 Å². The summed E-state index contributed by atoms with van der Waals surface area (Å²) in [7, 11) is 4.92. The molecule has 6 heteroatoms. The zero-order valence-corrected chi connectivity index (χ0v) is 19.3. The summed E-state index contributed by atoms with van der Waals surface area (Å²) in [5.74, 6) is 2.92. The topological polar surface area (TPSA) is 61.6 Å². The van der Waals surface area contributed by atoms with E-state index < -0.39 is 0 Å². The first-order valence-electron chi connectivity index (χ1n) is 10.8. The number of hydrogen-bond acceptors (Lipinski definition) is 6. The molecule has 0 aliphatic carbocycles. The number of methoxy groups -OCH3 is 3. The lowest BCUT2D eigenvalue weighted by Gasteiger charge is -2.21. The summed E-state index contributed by atoms with van der Waals surface area (Å²) < 4.78 is 22.7. The van der Waals surface area contributed by atoms with Gasteiger partial charge >= 0.3 is 0 Å². The van der Waals surface area contributed by atoms with Gasteiger partial charge in [0.25, 0.3) is 0 Å². The maximum absolute atomic E-state index is 6.07. The lowest BCUT2D eigenvalue weighted by atomic mass is 9.85. The summed E-state index contributed by atoms with van der Waals surface area (Å²) in [4.78, 5) is 0. The minimum Gasteiger partial charge on any atom is -0.493 e. The van der Waals surface area contributed by atoms with E-state index in [0.29, 0.717) is 23.9 Å². The minimum absolute atomic E-state index is 0.149. The highest BCUT2D eigenvalue weighted by molar-refractivity contribution is 6.16. The first kappa shape index (κ1) is 22.7. The van der Waals surface area contributed by atoms with Gasteiger partial charge in [0.05, 0.1) is 27.9 Å². The van der Waals surface area contributed by atoms with E-state index in [2.05, 4.69) is 30.1 Å². The largest absolute Gasteiger partial charge is 0.493 e. The summed E-state index contributed by atoms with van der Waals surface area (Å²) in [6, 6.07) is 9.89. The van der Waals surface area contributed by atoms with Crippen molar-refractivity contribution in [3.8, 4) is 23.0 Å². The number of nitrogens with zero attached hydrogens (tertiary/aromatic N) is 2. The van der Waals surface area contributed by atoms with Crippen molar-refractivity contribution in [3.05, 3.63) is 47.0 Å². The average Bonchev–Trinajstić information content (AvgIpc) is 2.93. The summed E-state index contributed by atoms with van der Waals surface area (Å²) in [5, 5.41) is 9.20. The van der Waals surface area contributed by atoms with Crippen molar-refractivity contribution in [2.45, 2.75) is 46.0 Å². The molecule has 0 N–H and O–H groups in total. The summed E-state index contributed by atoms with van der Waals surface area (Å²) in [6.07, 6.45) is 2.99.